The number of piperazine rings is 2. The number of carbonyl (C=O) groups excluding carboxylic acids is 1. The quantitative estimate of drug-likeness (QED) is 0.607. The van der Waals surface area contributed by atoms with E-state index in [1.54, 1.807) is 0 Å². The average Bonchev–Trinajstić information content (AvgIpc) is 2.85. The lowest BCUT2D eigenvalue weighted by atomic mass is 10.2. The number of ether oxygens (including phenoxy) is 1. The fraction of sp³-hybridized carbons (Fsp3) is 0.500. The number of hydrogen-bond acceptors (Lipinski definition) is 6. The SMILES string of the molecule is O=C(CCN1CCN(CCOc2ccccc2Cl)CC1)N1CCN(c2ccccn2)CC1. The Kier molecular flexibility index (Phi) is 8.20. The molecule has 0 N–H and O–H groups in total. The Balaban J connectivity index is 1.10. The third-order valence-corrected chi connectivity index (χ3v) is 6.53. The lowest BCUT2D eigenvalue weighted by molar-refractivity contribution is -0.131. The molecule has 0 saturated carbocycles. The number of rotatable bonds is 8. The van der Waals surface area contributed by atoms with Gasteiger partial charge in [-0.15, -0.1) is 0 Å². The van der Waals surface area contributed by atoms with E-state index >= 15 is 0 Å². The number of aromatic nitrogens is 1. The van der Waals surface area contributed by atoms with Gasteiger partial charge in [-0.25, -0.2) is 4.98 Å². The van der Waals surface area contributed by atoms with Crippen molar-refractivity contribution in [1.29, 1.82) is 0 Å². The third-order valence-electron chi connectivity index (χ3n) is 6.21. The van der Waals surface area contributed by atoms with Crippen molar-refractivity contribution in [3.05, 3.63) is 53.7 Å². The molecular formula is C24H32ClN5O2. The molecule has 0 bridgehead atoms. The molecule has 8 heteroatoms. The van der Waals surface area contributed by atoms with Crippen molar-refractivity contribution in [2.45, 2.75) is 6.42 Å². The lowest BCUT2D eigenvalue weighted by Gasteiger charge is -2.37. The molecule has 1 aromatic carbocycles. The van der Waals surface area contributed by atoms with Crippen molar-refractivity contribution in [2.75, 3.05) is 77.0 Å². The second kappa shape index (κ2) is 11.5. The van der Waals surface area contributed by atoms with Crippen molar-refractivity contribution in [1.82, 2.24) is 19.7 Å². The number of para-hydroxylation sites is 1. The maximum atomic E-state index is 12.7. The van der Waals surface area contributed by atoms with Crippen molar-refractivity contribution >= 4 is 23.3 Å². The van der Waals surface area contributed by atoms with Crippen molar-refractivity contribution in [3.8, 4) is 5.75 Å². The largest absolute Gasteiger partial charge is 0.491 e. The van der Waals surface area contributed by atoms with Crippen LogP contribution in [0.2, 0.25) is 5.02 Å². The Morgan fingerprint density at radius 3 is 2.25 bits per heavy atom. The summed E-state index contributed by atoms with van der Waals surface area (Å²) in [6, 6.07) is 13.5. The minimum Gasteiger partial charge on any atom is -0.491 e. The first-order chi connectivity index (χ1) is 15.7. The van der Waals surface area contributed by atoms with E-state index in [-0.39, 0.29) is 5.91 Å². The van der Waals surface area contributed by atoms with Gasteiger partial charge < -0.3 is 19.4 Å². The molecule has 32 heavy (non-hydrogen) atoms. The summed E-state index contributed by atoms with van der Waals surface area (Å²) in [4.78, 5) is 26.1. The van der Waals surface area contributed by atoms with Gasteiger partial charge in [-0.1, -0.05) is 29.8 Å². The van der Waals surface area contributed by atoms with Gasteiger partial charge in [-0.2, -0.15) is 0 Å². The summed E-state index contributed by atoms with van der Waals surface area (Å²) in [6.07, 6.45) is 2.41. The van der Waals surface area contributed by atoms with Crippen LogP contribution in [0.1, 0.15) is 6.42 Å². The first-order valence-electron chi connectivity index (χ1n) is 11.4. The summed E-state index contributed by atoms with van der Waals surface area (Å²) >= 11 is 6.14. The van der Waals surface area contributed by atoms with Gasteiger partial charge in [-0.3, -0.25) is 9.69 Å². The van der Waals surface area contributed by atoms with Gasteiger partial charge in [0.1, 0.15) is 18.2 Å². The Labute approximate surface area is 195 Å². The molecule has 172 valence electrons. The van der Waals surface area contributed by atoms with Crippen molar-refractivity contribution in [2.24, 2.45) is 0 Å². The predicted molar refractivity (Wildman–Crippen MR) is 127 cm³/mol. The number of anilines is 1. The van der Waals surface area contributed by atoms with Crippen LogP contribution < -0.4 is 9.64 Å². The number of amides is 1. The highest BCUT2D eigenvalue weighted by molar-refractivity contribution is 6.32. The van der Waals surface area contributed by atoms with Gasteiger partial charge in [-0.05, 0) is 24.3 Å². The standard InChI is InChI=1S/C24H32ClN5O2/c25-21-5-1-2-6-22(21)32-20-19-28-13-11-27(12-14-28)10-8-24(31)30-17-15-29(16-18-30)23-7-3-4-9-26-23/h1-7,9H,8,10-20H2. The molecule has 2 aromatic rings. The van der Waals surface area contributed by atoms with Crippen LogP contribution in [-0.2, 0) is 4.79 Å². The predicted octanol–water partition coefficient (Wildman–Crippen LogP) is 2.47. The fourth-order valence-corrected chi connectivity index (χ4v) is 4.41. The van der Waals surface area contributed by atoms with E-state index < -0.39 is 0 Å². The molecule has 0 spiro atoms. The maximum Gasteiger partial charge on any atom is 0.223 e. The second-order valence-corrected chi connectivity index (χ2v) is 8.68. The normalized spacial score (nSPS) is 18.0. The van der Waals surface area contributed by atoms with E-state index in [0.717, 1.165) is 77.0 Å². The molecule has 3 heterocycles. The van der Waals surface area contributed by atoms with E-state index in [2.05, 4.69) is 19.7 Å². The Morgan fingerprint density at radius 1 is 0.875 bits per heavy atom. The number of nitrogens with zero attached hydrogens (tertiary/aromatic N) is 5. The molecule has 2 aliphatic rings. The Bertz CT molecular complexity index is 852. The smallest absolute Gasteiger partial charge is 0.223 e. The molecule has 4 rings (SSSR count). The summed E-state index contributed by atoms with van der Waals surface area (Å²) in [5, 5.41) is 0.653. The molecule has 2 fully saturated rings. The average molecular weight is 458 g/mol. The first kappa shape index (κ1) is 22.8. The summed E-state index contributed by atoms with van der Waals surface area (Å²) in [5.74, 6) is 2.00. The molecule has 0 unspecified atom stereocenters. The van der Waals surface area contributed by atoms with Gasteiger partial charge in [0.15, 0.2) is 0 Å². The van der Waals surface area contributed by atoms with Crippen molar-refractivity contribution in [3.63, 3.8) is 0 Å². The van der Waals surface area contributed by atoms with Crippen LogP contribution in [0.4, 0.5) is 5.82 Å². The van der Waals surface area contributed by atoms with Gasteiger partial charge >= 0.3 is 0 Å². The minimum absolute atomic E-state index is 0.265. The van der Waals surface area contributed by atoms with Crippen LogP contribution in [-0.4, -0.2) is 97.6 Å². The molecule has 7 nitrogen and oxygen atoms in total. The van der Waals surface area contributed by atoms with Crippen LogP contribution in [0, 0.1) is 0 Å². The van der Waals surface area contributed by atoms with E-state index in [1.165, 1.54) is 0 Å². The number of pyridine rings is 1. The van der Waals surface area contributed by atoms with Crippen molar-refractivity contribution < 1.29 is 9.53 Å². The monoisotopic (exact) mass is 457 g/mol. The molecule has 1 aromatic heterocycles. The topological polar surface area (TPSA) is 52.2 Å². The molecule has 1 amide bonds. The van der Waals surface area contributed by atoms with Gasteiger partial charge in [0.25, 0.3) is 0 Å². The maximum absolute atomic E-state index is 12.7. The van der Waals surface area contributed by atoms with Crippen LogP contribution in [0.15, 0.2) is 48.7 Å². The molecule has 0 aliphatic carbocycles. The highest BCUT2D eigenvalue weighted by Crippen LogP contribution is 2.23. The first-order valence-corrected chi connectivity index (χ1v) is 11.8. The van der Waals surface area contributed by atoms with Gasteiger partial charge in [0.2, 0.25) is 5.91 Å². The van der Waals surface area contributed by atoms with E-state index in [9.17, 15) is 4.79 Å². The van der Waals surface area contributed by atoms with E-state index in [4.69, 9.17) is 16.3 Å². The summed E-state index contributed by atoms with van der Waals surface area (Å²) in [7, 11) is 0. The van der Waals surface area contributed by atoms with Crippen LogP contribution in [0.5, 0.6) is 5.75 Å². The number of carbonyl (C=O) groups is 1. The third kappa shape index (κ3) is 6.34. The number of benzene rings is 1. The lowest BCUT2D eigenvalue weighted by Crippen LogP contribution is -2.50. The molecular weight excluding hydrogens is 426 g/mol. The number of hydrogen-bond donors (Lipinski definition) is 0. The zero-order valence-electron chi connectivity index (χ0n) is 18.5. The Hall–Kier alpha value is -2.35. The Morgan fingerprint density at radius 2 is 1.56 bits per heavy atom. The molecule has 0 radical (unpaired) electrons. The van der Waals surface area contributed by atoms with Gasteiger partial charge in [0, 0.05) is 78.1 Å². The zero-order chi connectivity index (χ0) is 22.2. The zero-order valence-corrected chi connectivity index (χ0v) is 19.3. The molecule has 2 aliphatic heterocycles. The highest BCUT2D eigenvalue weighted by Gasteiger charge is 2.23. The van der Waals surface area contributed by atoms with Crippen LogP contribution in [0.25, 0.3) is 0 Å². The van der Waals surface area contributed by atoms with Crippen LogP contribution in [0.3, 0.4) is 0 Å². The summed E-state index contributed by atoms with van der Waals surface area (Å²) in [6.45, 7) is 9.58. The van der Waals surface area contributed by atoms with Gasteiger partial charge in [0.05, 0.1) is 5.02 Å². The summed E-state index contributed by atoms with van der Waals surface area (Å²) in [5.41, 5.74) is 0. The highest BCUT2D eigenvalue weighted by atomic mass is 35.5. The molecule has 2 saturated heterocycles. The minimum atomic E-state index is 0.265. The molecule has 0 atom stereocenters. The van der Waals surface area contributed by atoms with E-state index in [0.29, 0.717) is 18.1 Å². The second-order valence-electron chi connectivity index (χ2n) is 8.27. The number of halogens is 1. The van der Waals surface area contributed by atoms with E-state index in [1.807, 2.05) is 53.6 Å². The van der Waals surface area contributed by atoms with Crippen LogP contribution >= 0.6 is 11.6 Å². The summed E-state index contributed by atoms with van der Waals surface area (Å²) < 4.78 is 5.80. The fourth-order valence-electron chi connectivity index (χ4n) is 4.22.